The van der Waals surface area contributed by atoms with Crippen LogP contribution in [0.4, 0.5) is 0 Å². The molecule has 0 aliphatic heterocycles. The fourth-order valence-corrected chi connectivity index (χ4v) is 4.15. The van der Waals surface area contributed by atoms with Gasteiger partial charge in [0.2, 0.25) is 10.0 Å². The lowest BCUT2D eigenvalue weighted by molar-refractivity contribution is 0.582. The van der Waals surface area contributed by atoms with Crippen LogP contribution in [0.3, 0.4) is 0 Å². The fourth-order valence-electron chi connectivity index (χ4n) is 2.39. The van der Waals surface area contributed by atoms with Crippen molar-refractivity contribution in [1.82, 2.24) is 13.9 Å². The number of aromatic nitrogens is 2. The van der Waals surface area contributed by atoms with E-state index in [-0.39, 0.29) is 11.4 Å². The number of aryl methyl sites for hydroxylation is 2. The van der Waals surface area contributed by atoms with Crippen molar-refractivity contribution in [2.75, 3.05) is 0 Å². The number of hydrogen-bond donors (Lipinski definition) is 1. The lowest BCUT2D eigenvalue weighted by Gasteiger charge is -2.11. The third-order valence-electron chi connectivity index (χ3n) is 3.79. The predicted octanol–water partition coefficient (Wildman–Crippen LogP) is 0.777. The van der Waals surface area contributed by atoms with E-state index < -0.39 is 21.1 Å². The van der Waals surface area contributed by atoms with Crippen LogP contribution in [0, 0.1) is 0 Å². The average molecular weight is 365 g/mol. The van der Waals surface area contributed by atoms with E-state index in [1.807, 2.05) is 17.5 Å². The van der Waals surface area contributed by atoms with Crippen molar-refractivity contribution in [3.8, 4) is 0 Å². The lowest BCUT2D eigenvalue weighted by atomic mass is 10.3. The maximum absolute atomic E-state index is 12.5. The molecular weight excluding hydrogens is 350 g/mol. The van der Waals surface area contributed by atoms with E-state index in [1.165, 1.54) is 48.2 Å². The summed E-state index contributed by atoms with van der Waals surface area (Å²) in [6.45, 7) is 0.199. The summed E-state index contributed by atoms with van der Waals surface area (Å²) >= 11 is 1.46. The minimum absolute atomic E-state index is 0.0419. The van der Waals surface area contributed by atoms with Gasteiger partial charge in [0.1, 0.15) is 0 Å². The quantitative estimate of drug-likeness (QED) is 0.692. The van der Waals surface area contributed by atoms with Gasteiger partial charge in [0.05, 0.1) is 15.9 Å². The van der Waals surface area contributed by atoms with Crippen molar-refractivity contribution < 1.29 is 8.42 Å². The number of thiophene rings is 1. The summed E-state index contributed by atoms with van der Waals surface area (Å²) in [5, 5.41) is 1.87. The molecule has 2 aromatic heterocycles. The van der Waals surface area contributed by atoms with Crippen LogP contribution in [0.2, 0.25) is 0 Å². The molecule has 1 N–H and O–H groups in total. The van der Waals surface area contributed by atoms with Crippen molar-refractivity contribution in [1.29, 1.82) is 0 Å². The van der Waals surface area contributed by atoms with Crippen LogP contribution in [0.1, 0.15) is 4.88 Å². The Kier molecular flexibility index (Phi) is 4.16. The van der Waals surface area contributed by atoms with Crippen molar-refractivity contribution in [2.24, 2.45) is 14.1 Å². The van der Waals surface area contributed by atoms with E-state index in [0.717, 1.165) is 9.44 Å². The summed E-state index contributed by atoms with van der Waals surface area (Å²) in [5.41, 5.74) is -0.497. The number of benzene rings is 1. The zero-order valence-electron chi connectivity index (χ0n) is 13.0. The molecule has 7 nitrogen and oxygen atoms in total. The van der Waals surface area contributed by atoms with E-state index in [9.17, 15) is 18.0 Å². The first-order valence-corrected chi connectivity index (χ1v) is 9.39. The Hall–Kier alpha value is -2.23. The smallest absolute Gasteiger partial charge is 0.305 e. The molecular formula is C15H15N3O4S2. The summed E-state index contributed by atoms with van der Waals surface area (Å²) in [6, 6.07) is 8.03. The van der Waals surface area contributed by atoms with Crippen LogP contribution in [-0.4, -0.2) is 17.6 Å². The second-order valence-corrected chi connectivity index (χ2v) is 8.08. The van der Waals surface area contributed by atoms with Gasteiger partial charge in [-0.15, -0.1) is 11.3 Å². The monoisotopic (exact) mass is 365 g/mol. The molecule has 0 unspecified atom stereocenters. The summed E-state index contributed by atoms with van der Waals surface area (Å²) < 4.78 is 29.8. The zero-order chi connectivity index (χ0) is 17.5. The van der Waals surface area contributed by atoms with Gasteiger partial charge in [-0.1, -0.05) is 6.07 Å². The van der Waals surface area contributed by atoms with Gasteiger partial charge in [0, 0.05) is 25.5 Å². The highest BCUT2D eigenvalue weighted by atomic mass is 32.2. The SMILES string of the molecule is Cn1c(=O)c(=O)n(C)c2cc(S(=O)(=O)NCc3cccs3)ccc21. The Morgan fingerprint density at radius 1 is 1.04 bits per heavy atom. The summed E-state index contributed by atoms with van der Waals surface area (Å²) in [5.74, 6) is 0. The standard InChI is InChI=1S/C15H15N3O4S2/c1-17-12-6-5-11(8-13(12)18(2)15(20)14(17)19)24(21,22)16-9-10-4-3-7-23-10/h3-8,16H,9H2,1-2H3. The molecule has 2 heterocycles. The first-order chi connectivity index (χ1) is 11.3. The van der Waals surface area contributed by atoms with Crippen LogP contribution in [-0.2, 0) is 30.7 Å². The first kappa shape index (κ1) is 16.6. The number of nitrogens with one attached hydrogen (secondary N) is 1. The summed E-state index contributed by atoms with van der Waals surface area (Å²) in [6.07, 6.45) is 0. The second kappa shape index (κ2) is 6.00. The normalized spacial score (nSPS) is 11.9. The Labute approximate surface area is 141 Å². The van der Waals surface area contributed by atoms with E-state index in [1.54, 1.807) is 0 Å². The summed E-state index contributed by atoms with van der Waals surface area (Å²) in [7, 11) is -0.799. The number of hydrogen-bond acceptors (Lipinski definition) is 5. The molecule has 1 aromatic carbocycles. The molecule has 0 amide bonds. The van der Waals surface area contributed by atoms with Gasteiger partial charge >= 0.3 is 11.1 Å². The summed E-state index contributed by atoms with van der Waals surface area (Å²) in [4.78, 5) is 24.7. The molecule has 0 aliphatic rings. The Bertz CT molecular complexity index is 1130. The molecule has 9 heteroatoms. The number of rotatable bonds is 4. The molecule has 24 heavy (non-hydrogen) atoms. The molecule has 0 saturated heterocycles. The molecule has 0 saturated carbocycles. The average Bonchev–Trinajstić information content (AvgIpc) is 3.09. The van der Waals surface area contributed by atoms with Gasteiger partial charge < -0.3 is 9.13 Å². The Morgan fingerprint density at radius 3 is 2.33 bits per heavy atom. The minimum atomic E-state index is -3.73. The largest absolute Gasteiger partial charge is 0.316 e. The van der Waals surface area contributed by atoms with E-state index in [4.69, 9.17) is 0 Å². The highest BCUT2D eigenvalue weighted by molar-refractivity contribution is 7.89. The molecule has 0 spiro atoms. The number of nitrogens with zero attached hydrogens (tertiary/aromatic N) is 2. The van der Waals surface area contributed by atoms with Crippen LogP contribution in [0.5, 0.6) is 0 Å². The van der Waals surface area contributed by atoms with Gasteiger partial charge in [-0.25, -0.2) is 13.1 Å². The van der Waals surface area contributed by atoms with Gasteiger partial charge in [0.25, 0.3) is 0 Å². The highest BCUT2D eigenvalue weighted by Gasteiger charge is 2.17. The van der Waals surface area contributed by atoms with E-state index in [0.29, 0.717) is 11.0 Å². The van der Waals surface area contributed by atoms with E-state index in [2.05, 4.69) is 4.72 Å². The van der Waals surface area contributed by atoms with Crippen molar-refractivity contribution in [3.05, 3.63) is 61.3 Å². The maximum atomic E-state index is 12.5. The fraction of sp³-hybridized carbons (Fsp3) is 0.200. The van der Waals surface area contributed by atoms with Crippen LogP contribution >= 0.6 is 11.3 Å². The zero-order valence-corrected chi connectivity index (χ0v) is 14.6. The molecule has 3 aromatic rings. The maximum Gasteiger partial charge on any atom is 0.316 e. The third kappa shape index (κ3) is 2.81. The number of fused-ring (bicyclic) bond motifs is 1. The van der Waals surface area contributed by atoms with Gasteiger partial charge in [-0.3, -0.25) is 9.59 Å². The topological polar surface area (TPSA) is 90.2 Å². The molecule has 126 valence electrons. The third-order valence-corrected chi connectivity index (χ3v) is 6.06. The van der Waals surface area contributed by atoms with E-state index >= 15 is 0 Å². The van der Waals surface area contributed by atoms with Crippen molar-refractivity contribution in [3.63, 3.8) is 0 Å². The van der Waals surface area contributed by atoms with Gasteiger partial charge in [-0.05, 0) is 29.6 Å². The second-order valence-electron chi connectivity index (χ2n) is 5.28. The van der Waals surface area contributed by atoms with Crippen molar-refractivity contribution in [2.45, 2.75) is 11.4 Å². The molecule has 0 fully saturated rings. The van der Waals surface area contributed by atoms with Crippen LogP contribution in [0.25, 0.3) is 11.0 Å². The highest BCUT2D eigenvalue weighted by Crippen LogP contribution is 2.17. The molecule has 0 aliphatic carbocycles. The molecule has 0 radical (unpaired) electrons. The molecule has 3 rings (SSSR count). The minimum Gasteiger partial charge on any atom is -0.305 e. The van der Waals surface area contributed by atoms with Crippen LogP contribution < -0.4 is 15.8 Å². The van der Waals surface area contributed by atoms with Crippen LogP contribution in [0.15, 0.2) is 50.2 Å². The molecule has 0 atom stereocenters. The van der Waals surface area contributed by atoms with Gasteiger partial charge in [-0.2, -0.15) is 0 Å². The Balaban J connectivity index is 2.07. The molecule has 0 bridgehead atoms. The Morgan fingerprint density at radius 2 is 1.71 bits per heavy atom. The van der Waals surface area contributed by atoms with Crippen molar-refractivity contribution >= 4 is 32.4 Å². The number of sulfonamides is 1. The lowest BCUT2D eigenvalue weighted by Crippen LogP contribution is -2.39. The predicted molar refractivity (Wildman–Crippen MR) is 92.8 cm³/mol. The van der Waals surface area contributed by atoms with Gasteiger partial charge in [0.15, 0.2) is 0 Å². The first-order valence-electron chi connectivity index (χ1n) is 7.03.